The van der Waals surface area contributed by atoms with Gasteiger partial charge < -0.3 is 20.5 Å². The summed E-state index contributed by atoms with van der Waals surface area (Å²) in [7, 11) is 3.16. The van der Waals surface area contributed by atoms with Crippen molar-refractivity contribution in [3.8, 4) is 0 Å². The molecule has 0 radical (unpaired) electrons. The second-order valence-electron chi connectivity index (χ2n) is 4.43. The second kappa shape index (κ2) is 7.49. The highest BCUT2D eigenvalue weighted by Crippen LogP contribution is 2.22. The number of carbonyl (C=O) groups excluding carboxylic acids is 1. The van der Waals surface area contributed by atoms with Crippen LogP contribution in [0.2, 0.25) is 0 Å². The predicted octanol–water partition coefficient (Wildman–Crippen LogP) is 0.926. The lowest BCUT2D eigenvalue weighted by atomic mass is 10.00. The van der Waals surface area contributed by atoms with E-state index in [1.165, 1.54) is 7.11 Å². The van der Waals surface area contributed by atoms with E-state index in [1.807, 2.05) is 19.1 Å². The third kappa shape index (κ3) is 4.55. The molecule has 0 spiro atoms. The van der Waals surface area contributed by atoms with E-state index < -0.39 is 5.97 Å². The van der Waals surface area contributed by atoms with Crippen molar-refractivity contribution in [3.63, 3.8) is 0 Å². The average Bonchev–Trinajstić information content (AvgIpc) is 2.41. The van der Waals surface area contributed by atoms with Crippen LogP contribution in [0.1, 0.15) is 16.7 Å². The van der Waals surface area contributed by atoms with E-state index in [1.54, 1.807) is 7.05 Å². The van der Waals surface area contributed by atoms with Crippen LogP contribution in [0.3, 0.4) is 0 Å². The maximum Gasteiger partial charge on any atom is 0.317 e. The minimum absolute atomic E-state index is 0.102. The molecule has 1 rings (SSSR count). The number of esters is 1. The zero-order chi connectivity index (χ0) is 15.1. The number of rotatable bonds is 7. The first kappa shape index (κ1) is 16.0. The SMILES string of the molecule is CNc1cc(CNCC(=O)O)cc(CC(=O)OC)c1C. The van der Waals surface area contributed by atoms with E-state index in [0.29, 0.717) is 6.54 Å². The van der Waals surface area contributed by atoms with Gasteiger partial charge in [0.25, 0.3) is 0 Å². The van der Waals surface area contributed by atoms with Crippen molar-refractivity contribution < 1.29 is 19.4 Å². The third-order valence-corrected chi connectivity index (χ3v) is 3.01. The van der Waals surface area contributed by atoms with Gasteiger partial charge in [-0.15, -0.1) is 0 Å². The number of carboxylic acids is 1. The van der Waals surface area contributed by atoms with Gasteiger partial charge in [0.1, 0.15) is 0 Å². The molecule has 6 nitrogen and oxygen atoms in total. The van der Waals surface area contributed by atoms with Gasteiger partial charge in [-0.05, 0) is 29.7 Å². The summed E-state index contributed by atoms with van der Waals surface area (Å²) in [6, 6.07) is 3.83. The fourth-order valence-corrected chi connectivity index (χ4v) is 1.93. The molecule has 6 heteroatoms. The highest BCUT2D eigenvalue weighted by atomic mass is 16.5. The molecule has 0 saturated heterocycles. The summed E-state index contributed by atoms with van der Waals surface area (Å²) in [5.74, 6) is -1.20. The Hall–Kier alpha value is -2.08. The quantitative estimate of drug-likeness (QED) is 0.644. The fraction of sp³-hybridized carbons (Fsp3) is 0.429. The van der Waals surface area contributed by atoms with Crippen molar-refractivity contribution in [2.24, 2.45) is 0 Å². The summed E-state index contributed by atoms with van der Waals surface area (Å²) >= 11 is 0. The largest absolute Gasteiger partial charge is 0.480 e. The van der Waals surface area contributed by atoms with Crippen molar-refractivity contribution in [3.05, 3.63) is 28.8 Å². The number of aliphatic carboxylic acids is 1. The molecule has 0 unspecified atom stereocenters. The summed E-state index contributed by atoms with van der Waals surface area (Å²) < 4.78 is 4.68. The smallest absolute Gasteiger partial charge is 0.317 e. The van der Waals surface area contributed by atoms with Gasteiger partial charge in [0.2, 0.25) is 0 Å². The van der Waals surface area contributed by atoms with Gasteiger partial charge in [0.15, 0.2) is 0 Å². The molecule has 0 aliphatic rings. The van der Waals surface area contributed by atoms with Crippen molar-refractivity contribution in [2.45, 2.75) is 19.9 Å². The van der Waals surface area contributed by atoms with E-state index in [9.17, 15) is 9.59 Å². The Balaban J connectivity index is 2.92. The lowest BCUT2D eigenvalue weighted by Crippen LogP contribution is -2.22. The Morgan fingerprint density at radius 3 is 2.60 bits per heavy atom. The van der Waals surface area contributed by atoms with Crippen LogP contribution in [-0.2, 0) is 27.3 Å². The Bertz CT molecular complexity index is 500. The minimum Gasteiger partial charge on any atom is -0.480 e. The lowest BCUT2D eigenvalue weighted by molar-refractivity contribution is -0.140. The second-order valence-corrected chi connectivity index (χ2v) is 4.43. The van der Waals surface area contributed by atoms with Gasteiger partial charge in [-0.25, -0.2) is 0 Å². The van der Waals surface area contributed by atoms with Crippen LogP contribution < -0.4 is 10.6 Å². The molecule has 0 bridgehead atoms. The number of hydrogen-bond donors (Lipinski definition) is 3. The molecule has 0 aromatic heterocycles. The molecule has 0 amide bonds. The first-order chi connectivity index (χ1) is 9.47. The van der Waals surface area contributed by atoms with Gasteiger partial charge in [-0.3, -0.25) is 9.59 Å². The summed E-state index contributed by atoms with van der Waals surface area (Å²) in [4.78, 5) is 21.9. The topological polar surface area (TPSA) is 87.7 Å². The lowest BCUT2D eigenvalue weighted by Gasteiger charge is -2.14. The maximum atomic E-state index is 11.4. The van der Waals surface area contributed by atoms with E-state index in [4.69, 9.17) is 5.11 Å². The van der Waals surface area contributed by atoms with Crippen molar-refractivity contribution in [2.75, 3.05) is 26.0 Å². The number of anilines is 1. The first-order valence-corrected chi connectivity index (χ1v) is 6.27. The van der Waals surface area contributed by atoms with Crippen LogP contribution in [0, 0.1) is 6.92 Å². The van der Waals surface area contributed by atoms with E-state index in [-0.39, 0.29) is 18.9 Å². The van der Waals surface area contributed by atoms with Crippen LogP contribution in [-0.4, -0.2) is 37.7 Å². The van der Waals surface area contributed by atoms with Crippen molar-refractivity contribution in [1.82, 2.24) is 5.32 Å². The monoisotopic (exact) mass is 280 g/mol. The molecular weight excluding hydrogens is 260 g/mol. The van der Waals surface area contributed by atoms with E-state index >= 15 is 0 Å². The maximum absolute atomic E-state index is 11.4. The zero-order valence-corrected chi connectivity index (χ0v) is 11.9. The molecule has 3 N–H and O–H groups in total. The van der Waals surface area contributed by atoms with E-state index in [2.05, 4.69) is 15.4 Å². The highest BCUT2D eigenvalue weighted by molar-refractivity contribution is 5.74. The van der Waals surface area contributed by atoms with Crippen molar-refractivity contribution >= 4 is 17.6 Å². The normalized spacial score (nSPS) is 10.2. The summed E-state index contributed by atoms with van der Waals surface area (Å²) in [5, 5.41) is 14.5. The number of ether oxygens (including phenoxy) is 1. The molecule has 0 fully saturated rings. The fourth-order valence-electron chi connectivity index (χ4n) is 1.93. The van der Waals surface area contributed by atoms with Crippen molar-refractivity contribution in [1.29, 1.82) is 0 Å². The zero-order valence-electron chi connectivity index (χ0n) is 11.9. The molecule has 0 atom stereocenters. The van der Waals surface area contributed by atoms with Crippen LogP contribution in [0.25, 0.3) is 0 Å². The van der Waals surface area contributed by atoms with Crippen LogP contribution in [0.4, 0.5) is 5.69 Å². The number of carboxylic acid groups (broad SMARTS) is 1. The summed E-state index contributed by atoms with van der Waals surface area (Å²) in [5.41, 5.74) is 3.69. The number of nitrogens with one attached hydrogen (secondary N) is 2. The van der Waals surface area contributed by atoms with E-state index in [0.717, 1.165) is 22.4 Å². The highest BCUT2D eigenvalue weighted by Gasteiger charge is 2.11. The molecule has 0 saturated carbocycles. The molecule has 1 aromatic rings. The molecule has 0 aliphatic carbocycles. The van der Waals surface area contributed by atoms with Gasteiger partial charge in [0.05, 0.1) is 20.1 Å². The Morgan fingerprint density at radius 2 is 2.05 bits per heavy atom. The Labute approximate surface area is 118 Å². The molecule has 1 aromatic carbocycles. The van der Waals surface area contributed by atoms with Crippen LogP contribution >= 0.6 is 0 Å². The summed E-state index contributed by atoms with van der Waals surface area (Å²) in [6.45, 7) is 2.25. The molecule has 20 heavy (non-hydrogen) atoms. The molecule has 0 aliphatic heterocycles. The van der Waals surface area contributed by atoms with Gasteiger partial charge in [-0.2, -0.15) is 0 Å². The number of hydrogen-bond acceptors (Lipinski definition) is 5. The molecule has 0 heterocycles. The summed E-state index contributed by atoms with van der Waals surface area (Å²) in [6.07, 6.45) is 0.198. The molecule has 110 valence electrons. The van der Waals surface area contributed by atoms with Gasteiger partial charge >= 0.3 is 11.9 Å². The number of carbonyl (C=O) groups is 2. The number of benzene rings is 1. The average molecular weight is 280 g/mol. The minimum atomic E-state index is -0.902. The first-order valence-electron chi connectivity index (χ1n) is 6.27. The Morgan fingerprint density at radius 1 is 1.35 bits per heavy atom. The predicted molar refractivity (Wildman–Crippen MR) is 75.8 cm³/mol. The standard InChI is InChI=1S/C14H20N2O4/c1-9-11(6-14(19)20-3)4-10(5-12(9)15-2)7-16-8-13(17)18/h4-5,15-16H,6-8H2,1-3H3,(H,17,18). The van der Waals surface area contributed by atoms with Gasteiger partial charge in [-0.1, -0.05) is 6.07 Å². The van der Waals surface area contributed by atoms with Crippen LogP contribution in [0.5, 0.6) is 0 Å². The Kier molecular flexibility index (Phi) is 5.99. The third-order valence-electron chi connectivity index (χ3n) is 3.01. The molecular formula is C14H20N2O4. The number of methoxy groups -OCH3 is 1. The van der Waals surface area contributed by atoms with Crippen LogP contribution in [0.15, 0.2) is 12.1 Å². The van der Waals surface area contributed by atoms with Gasteiger partial charge in [0, 0.05) is 19.3 Å².